The summed E-state index contributed by atoms with van der Waals surface area (Å²) in [6, 6.07) is 39.4. The average molecular weight is 657 g/mol. The SMILES string of the molecule is N#CC1=C(n2c3ccccc3c3cc(C#N)ccc32)C(C2=Cc3c(oc4c3ccc3c5cc(-c6ccc(C#N)cc6)ccc5oc34)CC2)CCC1. The first-order valence-electron chi connectivity index (χ1n) is 17.3. The van der Waals surface area contributed by atoms with Gasteiger partial charge in [0.25, 0.3) is 0 Å². The van der Waals surface area contributed by atoms with Crippen molar-refractivity contribution < 1.29 is 8.83 Å². The van der Waals surface area contributed by atoms with Crippen molar-refractivity contribution in [2.75, 3.05) is 0 Å². The van der Waals surface area contributed by atoms with Crippen molar-refractivity contribution in [3.8, 4) is 29.3 Å². The van der Waals surface area contributed by atoms with Crippen molar-refractivity contribution >= 4 is 66.5 Å². The second-order valence-electron chi connectivity index (χ2n) is 13.6. The Morgan fingerprint density at radius 1 is 0.608 bits per heavy atom. The summed E-state index contributed by atoms with van der Waals surface area (Å²) >= 11 is 0. The molecule has 0 amide bonds. The maximum atomic E-state index is 10.5. The Morgan fingerprint density at radius 3 is 2.22 bits per heavy atom. The summed E-state index contributed by atoms with van der Waals surface area (Å²) in [4.78, 5) is 0. The van der Waals surface area contributed by atoms with Crippen LogP contribution in [-0.4, -0.2) is 4.57 Å². The molecule has 51 heavy (non-hydrogen) atoms. The van der Waals surface area contributed by atoms with E-state index in [0.29, 0.717) is 11.1 Å². The van der Waals surface area contributed by atoms with E-state index in [9.17, 15) is 15.8 Å². The third-order valence-corrected chi connectivity index (χ3v) is 10.9. The summed E-state index contributed by atoms with van der Waals surface area (Å²) in [5.74, 6) is 1.03. The molecule has 3 aromatic heterocycles. The molecule has 1 atom stereocenters. The summed E-state index contributed by atoms with van der Waals surface area (Å²) in [6.45, 7) is 0. The smallest absolute Gasteiger partial charge is 0.178 e. The minimum atomic E-state index is 0.0664. The highest BCUT2D eigenvalue weighted by atomic mass is 16.4. The number of aromatic nitrogens is 1. The van der Waals surface area contributed by atoms with E-state index in [-0.39, 0.29) is 5.92 Å². The molecule has 0 fully saturated rings. The minimum Gasteiger partial charge on any atom is -0.456 e. The fourth-order valence-electron chi connectivity index (χ4n) is 8.53. The number of aryl methyl sites for hydroxylation is 1. The van der Waals surface area contributed by atoms with Gasteiger partial charge in [0.15, 0.2) is 11.2 Å². The number of benzene rings is 5. The molecule has 0 N–H and O–H groups in total. The second kappa shape index (κ2) is 11.1. The van der Waals surface area contributed by atoms with Gasteiger partial charge in [-0.1, -0.05) is 48.0 Å². The average Bonchev–Trinajstić information content (AvgIpc) is 3.86. The molecule has 0 aliphatic heterocycles. The molecular weight excluding hydrogens is 629 g/mol. The summed E-state index contributed by atoms with van der Waals surface area (Å²) < 4.78 is 15.4. The summed E-state index contributed by atoms with van der Waals surface area (Å²) in [6.07, 6.45) is 6.58. The number of hydrogen-bond donors (Lipinski definition) is 0. The molecule has 2 aliphatic rings. The van der Waals surface area contributed by atoms with E-state index in [0.717, 1.165) is 121 Å². The Balaban J connectivity index is 1.11. The quantitative estimate of drug-likeness (QED) is 0.188. The number of nitrogens with zero attached hydrogens (tertiary/aromatic N) is 4. The lowest BCUT2D eigenvalue weighted by molar-refractivity contribution is 0.521. The van der Waals surface area contributed by atoms with E-state index < -0.39 is 0 Å². The van der Waals surface area contributed by atoms with Crippen molar-refractivity contribution in [3.63, 3.8) is 0 Å². The van der Waals surface area contributed by atoms with Crippen LogP contribution in [0.25, 0.3) is 77.6 Å². The lowest BCUT2D eigenvalue weighted by Crippen LogP contribution is -2.19. The fraction of sp³-hybridized carbons (Fsp3) is 0.133. The Kier molecular flexibility index (Phi) is 6.35. The number of fused-ring (bicyclic) bond motifs is 10. The predicted octanol–water partition coefficient (Wildman–Crippen LogP) is 11.4. The first-order valence-corrected chi connectivity index (χ1v) is 17.3. The minimum absolute atomic E-state index is 0.0664. The molecule has 240 valence electrons. The number of hydrogen-bond acceptors (Lipinski definition) is 5. The zero-order chi connectivity index (χ0) is 34.2. The third-order valence-electron chi connectivity index (χ3n) is 10.9. The summed E-state index contributed by atoms with van der Waals surface area (Å²) in [7, 11) is 0. The molecular formula is C45H28N4O2. The van der Waals surface area contributed by atoms with Crippen LogP contribution in [0.3, 0.4) is 0 Å². The van der Waals surface area contributed by atoms with Crippen LogP contribution in [0.5, 0.6) is 0 Å². The number of furan rings is 2. The normalized spacial score (nSPS) is 16.0. The van der Waals surface area contributed by atoms with Crippen LogP contribution >= 0.6 is 0 Å². The van der Waals surface area contributed by atoms with E-state index in [1.165, 1.54) is 5.57 Å². The molecule has 10 rings (SSSR count). The van der Waals surface area contributed by atoms with Crippen molar-refractivity contribution in [2.24, 2.45) is 5.92 Å². The molecule has 5 aromatic carbocycles. The number of allylic oxidation sites excluding steroid dienone is 3. The first-order chi connectivity index (χ1) is 25.1. The molecule has 0 radical (unpaired) electrons. The Morgan fingerprint density at radius 2 is 1.37 bits per heavy atom. The Bertz CT molecular complexity index is 2980. The number of rotatable bonds is 3. The Hall–Kier alpha value is -6.81. The van der Waals surface area contributed by atoms with Gasteiger partial charge in [-0.2, -0.15) is 15.8 Å². The topological polar surface area (TPSA) is 103 Å². The van der Waals surface area contributed by atoms with Crippen molar-refractivity contribution in [1.29, 1.82) is 15.8 Å². The van der Waals surface area contributed by atoms with Crippen molar-refractivity contribution in [2.45, 2.75) is 32.1 Å². The van der Waals surface area contributed by atoms with Gasteiger partial charge in [-0.25, -0.2) is 0 Å². The molecule has 0 bridgehead atoms. The van der Waals surface area contributed by atoms with E-state index in [2.05, 4.69) is 65.2 Å². The van der Waals surface area contributed by atoms with Crippen LogP contribution in [0, 0.1) is 39.9 Å². The highest BCUT2D eigenvalue weighted by Gasteiger charge is 2.32. The van der Waals surface area contributed by atoms with Gasteiger partial charge < -0.3 is 13.4 Å². The van der Waals surface area contributed by atoms with Crippen LogP contribution in [-0.2, 0) is 6.42 Å². The van der Waals surface area contributed by atoms with Gasteiger partial charge in [-0.3, -0.25) is 0 Å². The molecule has 0 saturated carbocycles. The lowest BCUT2D eigenvalue weighted by Gasteiger charge is -2.31. The van der Waals surface area contributed by atoms with Crippen LogP contribution in [0.2, 0.25) is 0 Å². The largest absolute Gasteiger partial charge is 0.456 e. The monoisotopic (exact) mass is 656 g/mol. The highest BCUT2D eigenvalue weighted by molar-refractivity contribution is 6.15. The maximum Gasteiger partial charge on any atom is 0.178 e. The number of nitriles is 3. The summed E-state index contributed by atoms with van der Waals surface area (Å²) in [5, 5.41) is 34.6. The van der Waals surface area contributed by atoms with Crippen LogP contribution < -0.4 is 0 Å². The molecule has 8 aromatic rings. The zero-order valence-electron chi connectivity index (χ0n) is 27.5. The molecule has 6 nitrogen and oxygen atoms in total. The van der Waals surface area contributed by atoms with Gasteiger partial charge in [-0.05, 0) is 97.5 Å². The molecule has 2 aliphatic carbocycles. The Labute approximate surface area is 292 Å². The van der Waals surface area contributed by atoms with Gasteiger partial charge in [-0.15, -0.1) is 0 Å². The van der Waals surface area contributed by atoms with Gasteiger partial charge in [0.1, 0.15) is 11.3 Å². The van der Waals surface area contributed by atoms with E-state index in [1.807, 2.05) is 60.7 Å². The standard InChI is InChI=1S/C45H28N4O2/c46-23-26-8-11-28(12-9-26)29-13-18-41-37(21-29)34-15-16-35-38-22-30(14-19-42(38)51-45(35)44(34)50-41)32-6-3-4-31(25-48)43(32)49-39-7-2-1-5-33(39)36-20-27(24-47)10-17-40(36)49/h1-2,5,7-13,15-18,20-22,32H,3-4,6,14,19H2. The molecule has 1 unspecified atom stereocenters. The van der Waals surface area contributed by atoms with E-state index in [1.54, 1.807) is 0 Å². The third kappa shape index (κ3) is 4.32. The summed E-state index contributed by atoms with van der Waals surface area (Å²) in [5.41, 5.74) is 12.0. The van der Waals surface area contributed by atoms with E-state index >= 15 is 0 Å². The fourth-order valence-corrected chi connectivity index (χ4v) is 8.53. The predicted molar refractivity (Wildman–Crippen MR) is 200 cm³/mol. The highest BCUT2D eigenvalue weighted by Crippen LogP contribution is 2.47. The van der Waals surface area contributed by atoms with Crippen LogP contribution in [0.15, 0.2) is 117 Å². The van der Waals surface area contributed by atoms with Crippen molar-refractivity contribution in [3.05, 3.63) is 131 Å². The van der Waals surface area contributed by atoms with Gasteiger partial charge in [0.05, 0.1) is 40.4 Å². The van der Waals surface area contributed by atoms with Gasteiger partial charge >= 0.3 is 0 Å². The van der Waals surface area contributed by atoms with Crippen LogP contribution in [0.4, 0.5) is 0 Å². The first kappa shape index (κ1) is 29.1. The van der Waals surface area contributed by atoms with Gasteiger partial charge in [0, 0.05) is 56.1 Å². The second-order valence-corrected chi connectivity index (χ2v) is 13.6. The van der Waals surface area contributed by atoms with Crippen molar-refractivity contribution in [1.82, 2.24) is 4.57 Å². The van der Waals surface area contributed by atoms with E-state index in [4.69, 9.17) is 8.83 Å². The van der Waals surface area contributed by atoms with Gasteiger partial charge in [0.2, 0.25) is 0 Å². The molecule has 0 spiro atoms. The van der Waals surface area contributed by atoms with Crippen LogP contribution in [0.1, 0.15) is 48.1 Å². The molecule has 6 heteroatoms. The number of para-hydroxylation sites is 1. The lowest BCUT2D eigenvalue weighted by atomic mass is 9.78. The maximum absolute atomic E-state index is 10.5. The molecule has 0 saturated heterocycles. The zero-order valence-corrected chi connectivity index (χ0v) is 27.5. The molecule has 3 heterocycles.